The SMILES string of the molecule is C[C@@H](CN)NC(=O)CN(C)C1=NS(=O)(=O)c2ccccc21. The minimum Gasteiger partial charge on any atom is -0.351 e. The molecule has 0 radical (unpaired) electrons. The number of hydrogen-bond donors (Lipinski definition) is 2. The van der Waals surface area contributed by atoms with Gasteiger partial charge in [-0.3, -0.25) is 4.79 Å². The molecule has 1 aliphatic heterocycles. The first kappa shape index (κ1) is 15.5. The lowest BCUT2D eigenvalue weighted by Gasteiger charge is -2.20. The van der Waals surface area contributed by atoms with Crippen LogP contribution in [0.5, 0.6) is 0 Å². The number of nitrogens with one attached hydrogen (secondary N) is 1. The molecule has 0 spiro atoms. The number of hydrogen-bond acceptors (Lipinski definition) is 5. The molecule has 0 fully saturated rings. The monoisotopic (exact) mass is 310 g/mol. The van der Waals surface area contributed by atoms with Gasteiger partial charge in [0.2, 0.25) is 5.91 Å². The number of benzene rings is 1. The van der Waals surface area contributed by atoms with Crippen molar-refractivity contribution in [3.05, 3.63) is 29.8 Å². The second-order valence-electron chi connectivity index (χ2n) is 4.95. The van der Waals surface area contributed by atoms with Crippen LogP contribution < -0.4 is 11.1 Å². The molecule has 1 heterocycles. The molecular weight excluding hydrogens is 292 g/mol. The van der Waals surface area contributed by atoms with Crippen molar-refractivity contribution in [2.24, 2.45) is 10.1 Å². The number of rotatable bonds is 4. The molecule has 0 unspecified atom stereocenters. The van der Waals surface area contributed by atoms with Crippen LogP contribution in [0.4, 0.5) is 0 Å². The number of carbonyl (C=O) groups is 1. The average Bonchev–Trinajstić information content (AvgIpc) is 2.71. The summed E-state index contributed by atoms with van der Waals surface area (Å²) in [7, 11) is -2.04. The molecule has 114 valence electrons. The van der Waals surface area contributed by atoms with E-state index in [0.29, 0.717) is 12.1 Å². The minimum absolute atomic E-state index is 0.00697. The Morgan fingerprint density at radius 3 is 2.76 bits per heavy atom. The van der Waals surface area contributed by atoms with E-state index in [-0.39, 0.29) is 29.2 Å². The summed E-state index contributed by atoms with van der Waals surface area (Å²) in [6, 6.07) is 6.43. The van der Waals surface area contributed by atoms with Crippen LogP contribution in [0.3, 0.4) is 0 Å². The van der Waals surface area contributed by atoms with Gasteiger partial charge in [0.05, 0.1) is 6.54 Å². The van der Waals surface area contributed by atoms with Gasteiger partial charge < -0.3 is 16.0 Å². The van der Waals surface area contributed by atoms with Crippen LogP contribution in [0.2, 0.25) is 0 Å². The number of sulfonamides is 1. The van der Waals surface area contributed by atoms with E-state index < -0.39 is 10.0 Å². The van der Waals surface area contributed by atoms with Crippen LogP contribution >= 0.6 is 0 Å². The van der Waals surface area contributed by atoms with Crippen molar-refractivity contribution in [1.82, 2.24) is 10.2 Å². The Labute approximate surface area is 123 Å². The summed E-state index contributed by atoms with van der Waals surface area (Å²) in [4.78, 5) is 13.5. The van der Waals surface area contributed by atoms with Crippen molar-refractivity contribution in [2.45, 2.75) is 17.9 Å². The molecule has 3 N–H and O–H groups in total. The summed E-state index contributed by atoms with van der Waals surface area (Å²) < 4.78 is 27.6. The third-order valence-corrected chi connectivity index (χ3v) is 4.44. The van der Waals surface area contributed by atoms with Crippen molar-refractivity contribution >= 4 is 21.8 Å². The molecule has 0 aliphatic carbocycles. The van der Waals surface area contributed by atoms with E-state index in [1.165, 1.54) is 11.0 Å². The van der Waals surface area contributed by atoms with Gasteiger partial charge in [-0.25, -0.2) is 0 Å². The van der Waals surface area contributed by atoms with Gasteiger partial charge in [0.1, 0.15) is 4.90 Å². The Hall–Kier alpha value is -1.93. The number of amides is 1. The highest BCUT2D eigenvalue weighted by Crippen LogP contribution is 2.26. The molecule has 21 heavy (non-hydrogen) atoms. The Bertz CT molecular complexity index is 684. The topological polar surface area (TPSA) is 105 Å². The predicted molar refractivity (Wildman–Crippen MR) is 79.5 cm³/mol. The van der Waals surface area contributed by atoms with Gasteiger partial charge in [0.25, 0.3) is 10.0 Å². The molecule has 7 nitrogen and oxygen atoms in total. The number of amidine groups is 1. The summed E-state index contributed by atoms with van der Waals surface area (Å²) in [5.74, 6) is 0.0427. The van der Waals surface area contributed by atoms with Crippen molar-refractivity contribution < 1.29 is 13.2 Å². The van der Waals surface area contributed by atoms with Crippen LogP contribution in [0.15, 0.2) is 33.6 Å². The van der Waals surface area contributed by atoms with Crippen LogP contribution in [0, 0.1) is 0 Å². The number of likely N-dealkylation sites (N-methyl/N-ethyl adjacent to an activating group) is 1. The van der Waals surface area contributed by atoms with Gasteiger partial charge in [-0.1, -0.05) is 12.1 Å². The zero-order chi connectivity index (χ0) is 15.6. The molecule has 1 aromatic rings. The molecule has 1 amide bonds. The van der Waals surface area contributed by atoms with Crippen LogP contribution in [-0.4, -0.2) is 51.2 Å². The van der Waals surface area contributed by atoms with E-state index in [2.05, 4.69) is 9.71 Å². The van der Waals surface area contributed by atoms with Crippen molar-refractivity contribution in [3.63, 3.8) is 0 Å². The lowest BCUT2D eigenvalue weighted by Crippen LogP contribution is -2.44. The molecule has 2 rings (SSSR count). The van der Waals surface area contributed by atoms with Crippen LogP contribution in [-0.2, 0) is 14.8 Å². The molecular formula is C13H18N4O3S. The second-order valence-corrected chi connectivity index (χ2v) is 6.52. The van der Waals surface area contributed by atoms with E-state index in [1.54, 1.807) is 32.2 Å². The molecule has 0 aromatic heterocycles. The van der Waals surface area contributed by atoms with Gasteiger partial charge in [-0.15, -0.1) is 4.40 Å². The fourth-order valence-electron chi connectivity index (χ4n) is 2.03. The minimum atomic E-state index is -3.67. The molecule has 0 bridgehead atoms. The van der Waals surface area contributed by atoms with E-state index in [1.807, 2.05) is 0 Å². The first-order valence-corrected chi connectivity index (χ1v) is 7.94. The Morgan fingerprint density at radius 2 is 2.10 bits per heavy atom. The number of nitrogens with zero attached hydrogens (tertiary/aromatic N) is 2. The summed E-state index contributed by atoms with van der Waals surface area (Å²) in [5, 5.41) is 2.72. The molecule has 0 saturated carbocycles. The van der Waals surface area contributed by atoms with E-state index >= 15 is 0 Å². The summed E-state index contributed by atoms with van der Waals surface area (Å²) in [6.07, 6.45) is 0. The van der Waals surface area contributed by atoms with Gasteiger partial charge in [0, 0.05) is 25.2 Å². The predicted octanol–water partition coefficient (Wildman–Crippen LogP) is -0.469. The van der Waals surface area contributed by atoms with E-state index in [0.717, 1.165) is 0 Å². The van der Waals surface area contributed by atoms with Gasteiger partial charge in [-0.2, -0.15) is 8.42 Å². The van der Waals surface area contributed by atoms with E-state index in [4.69, 9.17) is 5.73 Å². The Balaban J connectivity index is 2.18. The lowest BCUT2D eigenvalue weighted by molar-refractivity contribution is -0.121. The van der Waals surface area contributed by atoms with Crippen LogP contribution in [0.25, 0.3) is 0 Å². The maximum atomic E-state index is 11.9. The summed E-state index contributed by atoms with van der Waals surface area (Å²) in [5.41, 5.74) is 5.95. The molecule has 8 heteroatoms. The molecule has 1 atom stereocenters. The fourth-order valence-corrected chi connectivity index (χ4v) is 3.29. The summed E-state index contributed by atoms with van der Waals surface area (Å²) >= 11 is 0. The van der Waals surface area contributed by atoms with Crippen molar-refractivity contribution in [1.29, 1.82) is 0 Å². The molecule has 1 aliphatic rings. The normalized spacial score (nSPS) is 16.8. The summed E-state index contributed by atoms with van der Waals surface area (Å²) in [6.45, 7) is 2.14. The first-order valence-electron chi connectivity index (χ1n) is 6.50. The highest BCUT2D eigenvalue weighted by molar-refractivity contribution is 7.90. The number of nitrogens with two attached hydrogens (primary N) is 1. The molecule has 0 saturated heterocycles. The highest BCUT2D eigenvalue weighted by atomic mass is 32.2. The maximum absolute atomic E-state index is 11.9. The lowest BCUT2D eigenvalue weighted by atomic mass is 10.2. The first-order chi connectivity index (χ1) is 9.85. The van der Waals surface area contributed by atoms with Crippen molar-refractivity contribution in [2.75, 3.05) is 20.1 Å². The third kappa shape index (κ3) is 3.22. The van der Waals surface area contributed by atoms with Gasteiger partial charge >= 0.3 is 0 Å². The van der Waals surface area contributed by atoms with E-state index in [9.17, 15) is 13.2 Å². The number of carbonyl (C=O) groups excluding carboxylic acids is 1. The quantitative estimate of drug-likeness (QED) is 0.782. The average molecular weight is 310 g/mol. The molecule has 1 aromatic carbocycles. The Morgan fingerprint density at radius 1 is 1.43 bits per heavy atom. The zero-order valence-electron chi connectivity index (χ0n) is 11.9. The maximum Gasteiger partial charge on any atom is 0.285 e. The third-order valence-electron chi connectivity index (χ3n) is 3.12. The van der Waals surface area contributed by atoms with Crippen molar-refractivity contribution in [3.8, 4) is 0 Å². The Kier molecular flexibility index (Phi) is 4.29. The smallest absolute Gasteiger partial charge is 0.285 e. The zero-order valence-corrected chi connectivity index (χ0v) is 12.7. The number of fused-ring (bicyclic) bond motifs is 1. The second kappa shape index (κ2) is 5.82. The largest absolute Gasteiger partial charge is 0.351 e. The highest BCUT2D eigenvalue weighted by Gasteiger charge is 2.30. The van der Waals surface area contributed by atoms with Crippen LogP contribution in [0.1, 0.15) is 12.5 Å². The van der Waals surface area contributed by atoms with Gasteiger partial charge in [-0.05, 0) is 19.1 Å². The fraction of sp³-hybridized carbons (Fsp3) is 0.385. The standard InChI is InChI=1S/C13H18N4O3S/c1-9(7-14)15-12(18)8-17(2)13-10-5-3-4-6-11(10)21(19,20)16-13/h3-6,9H,7-8,14H2,1-2H3,(H,15,18)/t9-/m0/s1. The van der Waals surface area contributed by atoms with Gasteiger partial charge in [0.15, 0.2) is 5.84 Å².